The van der Waals surface area contributed by atoms with E-state index in [1.54, 1.807) is 27.2 Å². The first-order valence-corrected chi connectivity index (χ1v) is 6.34. The molecule has 0 unspecified atom stereocenters. The third kappa shape index (κ3) is 3.57. The van der Waals surface area contributed by atoms with Crippen LogP contribution in [-0.2, 0) is 4.79 Å². The molecular weight excluding hydrogens is 296 g/mol. The van der Waals surface area contributed by atoms with E-state index in [0.29, 0.717) is 5.56 Å². The van der Waals surface area contributed by atoms with Gasteiger partial charge in [-0.3, -0.25) is 9.59 Å². The SMILES string of the molecule is Cc1ccc(C(=O)N(C)CC(=O)N(C)C)c(Br)c1. The lowest BCUT2D eigenvalue weighted by Gasteiger charge is -2.20. The second kappa shape index (κ2) is 6.00. The molecule has 0 saturated heterocycles. The van der Waals surface area contributed by atoms with Crippen molar-refractivity contribution in [2.24, 2.45) is 0 Å². The molecule has 0 radical (unpaired) electrons. The first kappa shape index (κ1) is 14.7. The summed E-state index contributed by atoms with van der Waals surface area (Å²) in [7, 11) is 4.96. The molecule has 2 amide bonds. The fourth-order valence-corrected chi connectivity index (χ4v) is 2.08. The number of hydrogen-bond acceptors (Lipinski definition) is 2. The molecule has 0 saturated carbocycles. The molecule has 0 aliphatic rings. The minimum atomic E-state index is -0.169. The zero-order valence-corrected chi connectivity index (χ0v) is 12.6. The number of aryl methyl sites for hydroxylation is 1. The van der Waals surface area contributed by atoms with Crippen LogP contribution in [0, 0.1) is 6.92 Å². The third-order valence-corrected chi connectivity index (χ3v) is 3.23. The maximum Gasteiger partial charge on any atom is 0.255 e. The van der Waals surface area contributed by atoms with Gasteiger partial charge in [0, 0.05) is 25.6 Å². The molecule has 0 N–H and O–H groups in total. The van der Waals surface area contributed by atoms with Crippen LogP contribution in [0.4, 0.5) is 0 Å². The summed E-state index contributed by atoms with van der Waals surface area (Å²) in [4.78, 5) is 26.6. The molecule has 18 heavy (non-hydrogen) atoms. The minimum Gasteiger partial charge on any atom is -0.347 e. The van der Waals surface area contributed by atoms with Gasteiger partial charge >= 0.3 is 0 Å². The number of nitrogens with zero attached hydrogens (tertiary/aromatic N) is 2. The fourth-order valence-electron chi connectivity index (χ4n) is 1.42. The first-order chi connectivity index (χ1) is 8.32. The van der Waals surface area contributed by atoms with Crippen LogP contribution in [0.1, 0.15) is 15.9 Å². The zero-order chi connectivity index (χ0) is 13.9. The largest absolute Gasteiger partial charge is 0.347 e. The fraction of sp³-hybridized carbons (Fsp3) is 0.385. The zero-order valence-electron chi connectivity index (χ0n) is 11.0. The topological polar surface area (TPSA) is 40.6 Å². The molecule has 1 aromatic rings. The summed E-state index contributed by atoms with van der Waals surface area (Å²) in [6, 6.07) is 5.52. The molecular formula is C13H17BrN2O2. The second-order valence-corrected chi connectivity index (χ2v) is 5.29. The molecule has 0 aliphatic heterocycles. The maximum atomic E-state index is 12.2. The van der Waals surface area contributed by atoms with Crippen LogP contribution in [0.25, 0.3) is 0 Å². The summed E-state index contributed by atoms with van der Waals surface area (Å²) < 4.78 is 0.747. The number of likely N-dealkylation sites (N-methyl/N-ethyl adjacent to an activating group) is 2. The van der Waals surface area contributed by atoms with Crippen molar-refractivity contribution in [2.75, 3.05) is 27.7 Å². The number of hydrogen-bond donors (Lipinski definition) is 0. The van der Waals surface area contributed by atoms with Gasteiger partial charge < -0.3 is 9.80 Å². The minimum absolute atomic E-state index is 0.0755. The Labute approximate surface area is 116 Å². The number of halogens is 1. The number of carbonyl (C=O) groups is 2. The molecule has 0 bridgehead atoms. The molecule has 0 aliphatic carbocycles. The van der Waals surface area contributed by atoms with Crippen LogP contribution in [0.15, 0.2) is 22.7 Å². The third-order valence-electron chi connectivity index (χ3n) is 2.57. The quantitative estimate of drug-likeness (QED) is 0.855. The van der Waals surface area contributed by atoms with Crippen LogP contribution in [-0.4, -0.2) is 49.3 Å². The highest BCUT2D eigenvalue weighted by Crippen LogP contribution is 2.19. The van der Waals surface area contributed by atoms with Crippen molar-refractivity contribution in [1.82, 2.24) is 9.80 Å². The molecule has 0 fully saturated rings. The van der Waals surface area contributed by atoms with E-state index in [1.165, 1.54) is 9.80 Å². The van der Waals surface area contributed by atoms with Crippen LogP contribution in [0.5, 0.6) is 0 Å². The van der Waals surface area contributed by atoms with Gasteiger partial charge in [-0.05, 0) is 40.5 Å². The van der Waals surface area contributed by atoms with Crippen LogP contribution in [0.2, 0.25) is 0 Å². The van der Waals surface area contributed by atoms with Crippen LogP contribution in [0.3, 0.4) is 0 Å². The predicted octanol–water partition coefficient (Wildman–Crippen LogP) is 1.92. The summed E-state index contributed by atoms with van der Waals surface area (Å²) in [5, 5.41) is 0. The van der Waals surface area contributed by atoms with E-state index >= 15 is 0 Å². The number of benzene rings is 1. The Balaban J connectivity index is 2.84. The molecule has 0 atom stereocenters. The number of amides is 2. The summed E-state index contributed by atoms with van der Waals surface area (Å²) in [6.45, 7) is 2.03. The summed E-state index contributed by atoms with van der Waals surface area (Å²) in [6.07, 6.45) is 0. The monoisotopic (exact) mass is 312 g/mol. The normalized spacial score (nSPS) is 10.1. The molecule has 1 aromatic carbocycles. The van der Waals surface area contributed by atoms with Crippen LogP contribution < -0.4 is 0 Å². The average molecular weight is 313 g/mol. The van der Waals surface area contributed by atoms with Gasteiger partial charge in [0.25, 0.3) is 5.91 Å². The average Bonchev–Trinajstić information content (AvgIpc) is 2.27. The van der Waals surface area contributed by atoms with Gasteiger partial charge in [0.05, 0.1) is 12.1 Å². The molecule has 4 nitrogen and oxygen atoms in total. The number of rotatable bonds is 3. The van der Waals surface area contributed by atoms with Gasteiger partial charge in [-0.2, -0.15) is 0 Å². The molecule has 0 spiro atoms. The summed E-state index contributed by atoms with van der Waals surface area (Å²) >= 11 is 3.37. The van der Waals surface area contributed by atoms with E-state index in [9.17, 15) is 9.59 Å². The van der Waals surface area contributed by atoms with Gasteiger partial charge in [0.1, 0.15) is 0 Å². The van der Waals surface area contributed by atoms with E-state index in [4.69, 9.17) is 0 Å². The van der Waals surface area contributed by atoms with Crippen molar-refractivity contribution < 1.29 is 9.59 Å². The Hall–Kier alpha value is -1.36. The lowest BCUT2D eigenvalue weighted by Crippen LogP contribution is -2.37. The van der Waals surface area contributed by atoms with E-state index < -0.39 is 0 Å². The number of carbonyl (C=O) groups excluding carboxylic acids is 2. The Kier molecular flexibility index (Phi) is 4.90. The first-order valence-electron chi connectivity index (χ1n) is 5.54. The van der Waals surface area contributed by atoms with E-state index in [0.717, 1.165) is 10.0 Å². The van der Waals surface area contributed by atoms with E-state index in [1.807, 2.05) is 19.1 Å². The highest BCUT2D eigenvalue weighted by molar-refractivity contribution is 9.10. The van der Waals surface area contributed by atoms with Crippen LogP contribution >= 0.6 is 15.9 Å². The van der Waals surface area contributed by atoms with Crippen molar-refractivity contribution >= 4 is 27.7 Å². The van der Waals surface area contributed by atoms with Gasteiger partial charge in [-0.1, -0.05) is 6.07 Å². The van der Waals surface area contributed by atoms with Gasteiger partial charge in [0.2, 0.25) is 5.91 Å². The van der Waals surface area contributed by atoms with Crippen molar-refractivity contribution in [3.63, 3.8) is 0 Å². The van der Waals surface area contributed by atoms with Crippen molar-refractivity contribution in [2.45, 2.75) is 6.92 Å². The summed E-state index contributed by atoms with van der Waals surface area (Å²) in [5.74, 6) is -0.272. The van der Waals surface area contributed by atoms with E-state index in [2.05, 4.69) is 15.9 Å². The molecule has 0 heterocycles. The molecule has 5 heteroatoms. The Bertz CT molecular complexity index is 472. The van der Waals surface area contributed by atoms with Crippen molar-refractivity contribution in [1.29, 1.82) is 0 Å². The lowest BCUT2D eigenvalue weighted by molar-refractivity contribution is -0.129. The van der Waals surface area contributed by atoms with Gasteiger partial charge in [0.15, 0.2) is 0 Å². The second-order valence-electron chi connectivity index (χ2n) is 4.43. The lowest BCUT2D eigenvalue weighted by atomic mass is 10.1. The van der Waals surface area contributed by atoms with Crippen molar-refractivity contribution in [3.8, 4) is 0 Å². The molecule has 98 valence electrons. The molecule has 0 aromatic heterocycles. The van der Waals surface area contributed by atoms with Crippen molar-refractivity contribution in [3.05, 3.63) is 33.8 Å². The Morgan fingerprint density at radius 1 is 1.22 bits per heavy atom. The molecule has 1 rings (SSSR count). The van der Waals surface area contributed by atoms with E-state index in [-0.39, 0.29) is 18.4 Å². The standard InChI is InChI=1S/C13H17BrN2O2/c1-9-5-6-10(11(14)7-9)13(18)16(4)8-12(17)15(2)3/h5-7H,8H2,1-4H3. The van der Waals surface area contributed by atoms with Gasteiger partial charge in [-0.25, -0.2) is 0 Å². The summed E-state index contributed by atoms with van der Waals surface area (Å²) in [5.41, 5.74) is 1.64. The van der Waals surface area contributed by atoms with Gasteiger partial charge in [-0.15, -0.1) is 0 Å². The highest BCUT2D eigenvalue weighted by atomic mass is 79.9. The Morgan fingerprint density at radius 2 is 1.83 bits per heavy atom. The predicted molar refractivity (Wildman–Crippen MR) is 74.5 cm³/mol. The Morgan fingerprint density at radius 3 is 2.33 bits per heavy atom. The smallest absolute Gasteiger partial charge is 0.255 e. The maximum absolute atomic E-state index is 12.2. The highest BCUT2D eigenvalue weighted by Gasteiger charge is 2.17.